The van der Waals surface area contributed by atoms with Crippen LogP contribution in [0, 0.1) is 12.3 Å². The third kappa shape index (κ3) is 1.60. The van der Waals surface area contributed by atoms with E-state index < -0.39 is 0 Å². The average molecular weight is 289 g/mol. The first kappa shape index (κ1) is 13.4. The molecule has 1 saturated heterocycles. The monoisotopic (exact) mass is 289 g/mol. The Kier molecular flexibility index (Phi) is 2.99. The molecular weight excluding hydrogens is 270 g/mol. The molecule has 0 saturated carbocycles. The van der Waals surface area contributed by atoms with Gasteiger partial charge in [-0.05, 0) is 23.6 Å². The van der Waals surface area contributed by atoms with E-state index in [2.05, 4.69) is 66.4 Å². The third-order valence-corrected chi connectivity index (χ3v) is 5.18. The van der Waals surface area contributed by atoms with Crippen molar-refractivity contribution in [3.05, 3.63) is 65.7 Å². The summed E-state index contributed by atoms with van der Waals surface area (Å²) < 4.78 is 6.11. The zero-order valence-electron chi connectivity index (χ0n) is 12.7. The van der Waals surface area contributed by atoms with Crippen molar-refractivity contribution in [3.63, 3.8) is 0 Å². The molecule has 1 fully saturated rings. The second-order valence-corrected chi connectivity index (χ2v) is 6.15. The smallest absolute Gasteiger partial charge is 0.141 e. The SMILES string of the molecule is C#CC(c1ccccc1)[C@@]12CCO[C@@H]1N(C)c1ccccc12. The molecule has 1 unspecified atom stereocenters. The fourth-order valence-electron chi connectivity index (χ4n) is 4.27. The number of ether oxygens (including phenoxy) is 1. The van der Waals surface area contributed by atoms with E-state index in [1.165, 1.54) is 16.8 Å². The predicted molar refractivity (Wildman–Crippen MR) is 88.9 cm³/mol. The standard InChI is InChI=1S/C20H19NO/c1-3-16(15-9-5-4-6-10-15)20-13-14-22-19(20)21(2)18-12-8-7-11-17(18)20/h1,4-12,16,19H,13-14H2,2H3/t16?,19-,20+/m0/s1. The Hall–Kier alpha value is -2.24. The maximum atomic E-state index is 6.11. The van der Waals surface area contributed by atoms with Gasteiger partial charge in [0.1, 0.15) is 6.23 Å². The van der Waals surface area contributed by atoms with Crippen LogP contribution in [0.3, 0.4) is 0 Å². The molecule has 0 radical (unpaired) electrons. The fourth-order valence-corrected chi connectivity index (χ4v) is 4.27. The van der Waals surface area contributed by atoms with Crippen LogP contribution in [-0.4, -0.2) is 19.9 Å². The summed E-state index contributed by atoms with van der Waals surface area (Å²) in [5.41, 5.74) is 3.61. The van der Waals surface area contributed by atoms with Crippen molar-refractivity contribution in [2.24, 2.45) is 0 Å². The van der Waals surface area contributed by atoms with Gasteiger partial charge in [0.25, 0.3) is 0 Å². The van der Waals surface area contributed by atoms with Gasteiger partial charge in [0, 0.05) is 12.7 Å². The van der Waals surface area contributed by atoms with Crippen LogP contribution in [0.2, 0.25) is 0 Å². The molecule has 0 N–H and O–H groups in total. The quantitative estimate of drug-likeness (QED) is 0.784. The summed E-state index contributed by atoms with van der Waals surface area (Å²) in [5.74, 6) is 3.10. The van der Waals surface area contributed by atoms with E-state index in [-0.39, 0.29) is 17.6 Å². The predicted octanol–water partition coefficient (Wildman–Crippen LogP) is 3.54. The van der Waals surface area contributed by atoms with E-state index in [1.807, 2.05) is 6.07 Å². The Morgan fingerprint density at radius 3 is 2.68 bits per heavy atom. The lowest BCUT2D eigenvalue weighted by molar-refractivity contribution is 0.0844. The zero-order valence-corrected chi connectivity index (χ0v) is 12.7. The molecule has 4 rings (SSSR count). The van der Waals surface area contributed by atoms with Crippen molar-refractivity contribution in [2.75, 3.05) is 18.6 Å². The molecule has 0 aromatic heterocycles. The van der Waals surface area contributed by atoms with Gasteiger partial charge in [-0.1, -0.05) is 54.5 Å². The van der Waals surface area contributed by atoms with Crippen LogP contribution in [0.25, 0.3) is 0 Å². The van der Waals surface area contributed by atoms with Crippen molar-refractivity contribution >= 4 is 5.69 Å². The topological polar surface area (TPSA) is 12.5 Å². The molecule has 2 heteroatoms. The normalized spacial score (nSPS) is 27.1. The summed E-state index contributed by atoms with van der Waals surface area (Å²) in [5, 5.41) is 0. The Labute approximate surface area is 131 Å². The number of hydrogen-bond acceptors (Lipinski definition) is 2. The summed E-state index contributed by atoms with van der Waals surface area (Å²) in [6.07, 6.45) is 6.99. The summed E-state index contributed by atoms with van der Waals surface area (Å²) in [6.45, 7) is 0.758. The minimum Gasteiger partial charge on any atom is -0.357 e. The minimum atomic E-state index is -0.151. The van der Waals surface area contributed by atoms with Crippen LogP contribution in [0.1, 0.15) is 23.5 Å². The van der Waals surface area contributed by atoms with E-state index in [9.17, 15) is 0 Å². The second kappa shape index (κ2) is 4.90. The largest absolute Gasteiger partial charge is 0.357 e. The summed E-state index contributed by atoms with van der Waals surface area (Å²) in [6, 6.07) is 19.0. The molecule has 0 bridgehead atoms. The highest BCUT2D eigenvalue weighted by Gasteiger charge is 2.58. The number of hydrogen-bond donors (Lipinski definition) is 0. The molecular formula is C20H19NO. The van der Waals surface area contributed by atoms with Crippen molar-refractivity contribution in [1.29, 1.82) is 0 Å². The molecule has 0 amide bonds. The lowest BCUT2D eigenvalue weighted by Gasteiger charge is -2.35. The van der Waals surface area contributed by atoms with E-state index in [0.29, 0.717) is 0 Å². The summed E-state index contributed by atoms with van der Waals surface area (Å²) >= 11 is 0. The van der Waals surface area contributed by atoms with Crippen molar-refractivity contribution in [2.45, 2.75) is 24.0 Å². The molecule has 3 atom stereocenters. The van der Waals surface area contributed by atoms with Gasteiger partial charge < -0.3 is 9.64 Å². The van der Waals surface area contributed by atoms with E-state index in [4.69, 9.17) is 11.2 Å². The fraction of sp³-hybridized carbons (Fsp3) is 0.300. The molecule has 0 aliphatic carbocycles. The number of anilines is 1. The van der Waals surface area contributed by atoms with Crippen molar-refractivity contribution in [1.82, 2.24) is 0 Å². The Morgan fingerprint density at radius 1 is 1.18 bits per heavy atom. The van der Waals surface area contributed by atoms with Crippen LogP contribution in [0.15, 0.2) is 54.6 Å². The second-order valence-electron chi connectivity index (χ2n) is 6.15. The van der Waals surface area contributed by atoms with Gasteiger partial charge >= 0.3 is 0 Å². The highest BCUT2D eigenvalue weighted by molar-refractivity contribution is 5.66. The van der Waals surface area contributed by atoms with Gasteiger partial charge in [-0.25, -0.2) is 0 Å². The first-order valence-corrected chi connectivity index (χ1v) is 7.74. The van der Waals surface area contributed by atoms with Gasteiger partial charge in [-0.2, -0.15) is 0 Å². The van der Waals surface area contributed by atoms with Crippen LogP contribution >= 0.6 is 0 Å². The minimum absolute atomic E-state index is 0.0196. The molecule has 2 aromatic carbocycles. The summed E-state index contributed by atoms with van der Waals surface area (Å²) in [4.78, 5) is 2.25. The molecule has 2 nitrogen and oxygen atoms in total. The van der Waals surface area contributed by atoms with Crippen LogP contribution < -0.4 is 4.90 Å². The number of benzene rings is 2. The van der Waals surface area contributed by atoms with E-state index >= 15 is 0 Å². The number of rotatable bonds is 2. The van der Waals surface area contributed by atoms with Crippen LogP contribution in [0.4, 0.5) is 5.69 Å². The van der Waals surface area contributed by atoms with Gasteiger partial charge in [0.2, 0.25) is 0 Å². The number of para-hydroxylation sites is 1. The number of likely N-dealkylation sites (N-methyl/N-ethyl adjacent to an activating group) is 1. The Bertz CT molecular complexity index is 733. The lowest BCUT2D eigenvalue weighted by atomic mass is 9.67. The molecule has 0 spiro atoms. The van der Waals surface area contributed by atoms with Crippen LogP contribution in [-0.2, 0) is 10.2 Å². The van der Waals surface area contributed by atoms with Crippen molar-refractivity contribution < 1.29 is 4.74 Å². The number of fused-ring (bicyclic) bond motifs is 3. The molecule has 2 heterocycles. The van der Waals surface area contributed by atoms with E-state index in [1.54, 1.807) is 0 Å². The molecule has 22 heavy (non-hydrogen) atoms. The lowest BCUT2D eigenvalue weighted by Crippen LogP contribution is -2.43. The van der Waals surface area contributed by atoms with Gasteiger partial charge in [-0.3, -0.25) is 0 Å². The number of nitrogens with zero attached hydrogens (tertiary/aromatic N) is 1. The van der Waals surface area contributed by atoms with Gasteiger partial charge in [0.05, 0.1) is 17.9 Å². The highest BCUT2D eigenvalue weighted by atomic mass is 16.5. The van der Waals surface area contributed by atoms with E-state index in [0.717, 1.165) is 13.0 Å². The first-order valence-electron chi connectivity index (χ1n) is 7.74. The molecule has 110 valence electrons. The molecule has 2 aliphatic heterocycles. The maximum absolute atomic E-state index is 6.11. The molecule has 2 aromatic rings. The Balaban J connectivity index is 1.93. The first-order chi connectivity index (χ1) is 10.8. The molecule has 2 aliphatic rings. The average Bonchev–Trinajstić information content (AvgIpc) is 3.09. The third-order valence-electron chi connectivity index (χ3n) is 5.18. The zero-order chi connectivity index (χ0) is 15.2. The van der Waals surface area contributed by atoms with Crippen LogP contribution in [0.5, 0.6) is 0 Å². The summed E-state index contributed by atoms with van der Waals surface area (Å²) in [7, 11) is 2.11. The van der Waals surface area contributed by atoms with Gasteiger partial charge in [-0.15, -0.1) is 6.42 Å². The Morgan fingerprint density at radius 2 is 1.91 bits per heavy atom. The van der Waals surface area contributed by atoms with Crippen molar-refractivity contribution in [3.8, 4) is 12.3 Å². The highest BCUT2D eigenvalue weighted by Crippen LogP contribution is 2.57. The number of terminal acetylenes is 1. The van der Waals surface area contributed by atoms with Gasteiger partial charge in [0.15, 0.2) is 0 Å². The maximum Gasteiger partial charge on any atom is 0.141 e.